The molecule has 3 heterocycles. The predicted molar refractivity (Wildman–Crippen MR) is 169 cm³/mol. The van der Waals surface area contributed by atoms with Crippen molar-refractivity contribution in [2.75, 3.05) is 19.6 Å². The van der Waals surface area contributed by atoms with Crippen LogP contribution in [0.4, 0.5) is 45.8 Å². The summed E-state index contributed by atoms with van der Waals surface area (Å²) >= 11 is 0. The Bertz CT molecular complexity index is 1500. The quantitative estimate of drug-likeness (QED) is 0.165. The van der Waals surface area contributed by atoms with Crippen LogP contribution in [0.15, 0.2) is 146 Å². The minimum absolute atomic E-state index is 0. The van der Waals surface area contributed by atoms with Gasteiger partial charge in [0.05, 0.1) is 0 Å². The van der Waals surface area contributed by atoms with Gasteiger partial charge in [-0.25, -0.2) is 9.97 Å². The summed E-state index contributed by atoms with van der Waals surface area (Å²) in [5.74, 6) is 1.63. The van der Waals surface area contributed by atoms with E-state index in [0.29, 0.717) is 0 Å². The van der Waals surface area contributed by atoms with Crippen LogP contribution in [0, 0.1) is 25.5 Å². The molecule has 222 valence electrons. The van der Waals surface area contributed by atoms with Crippen LogP contribution >= 0.6 is 0 Å². The molecule has 2 aliphatic heterocycles. The molecule has 0 spiro atoms. The van der Waals surface area contributed by atoms with Crippen LogP contribution in [0.25, 0.3) is 0 Å². The minimum Gasteiger partial charge on any atom is -0.493 e. The molecular formula is C36H26Ir2N6-4. The van der Waals surface area contributed by atoms with Gasteiger partial charge in [-0.15, -0.1) is 24.7 Å². The zero-order chi connectivity index (χ0) is 28.1. The van der Waals surface area contributed by atoms with Crippen molar-refractivity contribution in [2.24, 2.45) is 0 Å². The molecule has 5 aromatic carbocycles. The van der Waals surface area contributed by atoms with Crippen molar-refractivity contribution in [1.82, 2.24) is 9.97 Å². The van der Waals surface area contributed by atoms with Crippen LogP contribution in [0.3, 0.4) is 0 Å². The van der Waals surface area contributed by atoms with Gasteiger partial charge in [0, 0.05) is 75.4 Å². The molecule has 2 radical (unpaired) electrons. The van der Waals surface area contributed by atoms with Gasteiger partial charge in [-0.2, -0.15) is 60.7 Å². The fraction of sp³-hybridized carbons (Fsp3) is 0. The van der Waals surface area contributed by atoms with Crippen molar-refractivity contribution in [2.45, 2.75) is 0 Å². The van der Waals surface area contributed by atoms with E-state index in [1.807, 2.05) is 95.3 Å². The predicted octanol–water partition coefficient (Wildman–Crippen LogP) is 8.58. The Morgan fingerprint density at radius 3 is 1.41 bits per heavy atom. The van der Waals surface area contributed by atoms with Gasteiger partial charge in [-0.05, 0) is 36.4 Å². The van der Waals surface area contributed by atoms with Crippen LogP contribution in [-0.2, 0) is 40.2 Å². The summed E-state index contributed by atoms with van der Waals surface area (Å²) < 4.78 is 0. The Hall–Kier alpha value is -4.32. The summed E-state index contributed by atoms with van der Waals surface area (Å²) in [5.41, 5.74) is 6.55. The zero-order valence-electron chi connectivity index (χ0n) is 23.4. The van der Waals surface area contributed by atoms with Crippen LogP contribution in [-0.4, -0.2) is 9.97 Å². The van der Waals surface area contributed by atoms with Crippen LogP contribution < -0.4 is 19.6 Å². The third kappa shape index (κ3) is 6.30. The van der Waals surface area contributed by atoms with Crippen molar-refractivity contribution in [3.8, 4) is 0 Å². The van der Waals surface area contributed by atoms with E-state index in [2.05, 4.69) is 93.2 Å². The molecule has 0 bridgehead atoms. The summed E-state index contributed by atoms with van der Waals surface area (Å²) in [5, 5.41) is 0. The third-order valence-corrected chi connectivity index (χ3v) is 6.95. The van der Waals surface area contributed by atoms with E-state index >= 15 is 0 Å². The average Bonchev–Trinajstić information content (AvgIpc) is 3.67. The number of aromatic nitrogens is 2. The number of fused-ring (bicyclic) bond motifs is 2. The molecule has 0 saturated heterocycles. The largest absolute Gasteiger partial charge is 0.493 e. The SMILES string of the molecule is [Ir].[Ir].[c-]1ccccc1N1[CH-]N(c2ccccc2)c2ccccc21.[c-]1ccccc1N1[CH-]N(c2ccccc2)c2nccnc21. The molecule has 1 aromatic heterocycles. The first-order valence-electron chi connectivity index (χ1n) is 13.7. The Morgan fingerprint density at radius 1 is 0.432 bits per heavy atom. The van der Waals surface area contributed by atoms with Gasteiger partial charge >= 0.3 is 0 Å². The fourth-order valence-electron chi connectivity index (χ4n) is 5.01. The molecule has 0 N–H and O–H groups in total. The maximum Gasteiger partial charge on any atom is 0.145 e. The molecule has 44 heavy (non-hydrogen) atoms. The Kier molecular flexibility index (Phi) is 10.2. The van der Waals surface area contributed by atoms with Gasteiger partial charge < -0.3 is 19.6 Å². The molecule has 0 unspecified atom stereocenters. The van der Waals surface area contributed by atoms with E-state index in [1.165, 1.54) is 11.4 Å². The summed E-state index contributed by atoms with van der Waals surface area (Å²) in [7, 11) is 0. The number of rotatable bonds is 4. The zero-order valence-corrected chi connectivity index (χ0v) is 28.2. The first kappa shape index (κ1) is 31.1. The maximum absolute atomic E-state index is 4.47. The second-order valence-corrected chi connectivity index (χ2v) is 9.57. The van der Waals surface area contributed by atoms with Gasteiger partial charge in [0.2, 0.25) is 0 Å². The van der Waals surface area contributed by atoms with E-state index in [9.17, 15) is 0 Å². The van der Waals surface area contributed by atoms with Crippen LogP contribution in [0.5, 0.6) is 0 Å². The molecule has 8 rings (SSSR count). The topological polar surface area (TPSA) is 38.7 Å². The fourth-order valence-corrected chi connectivity index (χ4v) is 5.01. The number of para-hydroxylation sites is 6. The monoisotopic (exact) mass is 928 g/mol. The molecule has 8 heteroatoms. The molecule has 0 amide bonds. The molecule has 2 aliphatic rings. The van der Waals surface area contributed by atoms with Crippen LogP contribution in [0.2, 0.25) is 0 Å². The molecular weight excluding hydrogens is 901 g/mol. The summed E-state index contributed by atoms with van der Waals surface area (Å²) in [6, 6.07) is 51.3. The summed E-state index contributed by atoms with van der Waals surface area (Å²) in [6.07, 6.45) is 3.41. The average molecular weight is 927 g/mol. The molecule has 0 fully saturated rings. The van der Waals surface area contributed by atoms with Crippen molar-refractivity contribution in [3.05, 3.63) is 171 Å². The van der Waals surface area contributed by atoms with E-state index in [-0.39, 0.29) is 40.2 Å². The van der Waals surface area contributed by atoms with E-state index in [1.54, 1.807) is 12.4 Å². The molecule has 0 aliphatic carbocycles. The Balaban J connectivity index is 0.000000167. The second-order valence-electron chi connectivity index (χ2n) is 9.57. The number of benzene rings is 5. The molecule has 6 aromatic rings. The number of nitrogens with zero attached hydrogens (tertiary/aromatic N) is 6. The van der Waals surface area contributed by atoms with Gasteiger partial charge in [-0.1, -0.05) is 48.5 Å². The number of hydrogen-bond donors (Lipinski definition) is 0. The Morgan fingerprint density at radius 2 is 0.864 bits per heavy atom. The van der Waals surface area contributed by atoms with E-state index < -0.39 is 0 Å². The standard InChI is InChI=1S/C19H14N2.C17H12N4.2Ir/c1-3-9-16(10-4-1)20-15-21(17-11-5-2-6-12-17)19-14-8-7-13-18(19)20;1-3-7-14(8-4-1)20-13-21(15-9-5-2-6-10-15)17-16(20)18-11-12-19-17;;/h1-11,13-15H;1-9,11-13H;;/q2*-2;;. The second kappa shape index (κ2) is 14.4. The number of hydrogen-bond acceptors (Lipinski definition) is 6. The van der Waals surface area contributed by atoms with Crippen molar-refractivity contribution < 1.29 is 40.2 Å². The van der Waals surface area contributed by atoms with E-state index in [4.69, 9.17) is 0 Å². The molecule has 0 atom stereocenters. The Labute approximate surface area is 285 Å². The van der Waals surface area contributed by atoms with Gasteiger partial charge in [0.1, 0.15) is 11.6 Å². The smallest absolute Gasteiger partial charge is 0.145 e. The first-order chi connectivity index (χ1) is 20.9. The minimum atomic E-state index is 0. The van der Waals surface area contributed by atoms with Crippen molar-refractivity contribution >= 4 is 45.8 Å². The summed E-state index contributed by atoms with van der Waals surface area (Å²) in [4.78, 5) is 17.3. The van der Waals surface area contributed by atoms with E-state index in [0.717, 1.165) is 34.4 Å². The number of anilines is 8. The van der Waals surface area contributed by atoms with Gasteiger partial charge in [-0.3, -0.25) is 0 Å². The van der Waals surface area contributed by atoms with Crippen LogP contribution in [0.1, 0.15) is 0 Å². The van der Waals surface area contributed by atoms with Crippen molar-refractivity contribution in [1.29, 1.82) is 0 Å². The maximum atomic E-state index is 4.47. The first-order valence-corrected chi connectivity index (χ1v) is 13.7. The van der Waals surface area contributed by atoms with Gasteiger partial charge in [0.25, 0.3) is 0 Å². The normalized spacial score (nSPS) is 12.7. The van der Waals surface area contributed by atoms with Crippen molar-refractivity contribution in [3.63, 3.8) is 0 Å². The van der Waals surface area contributed by atoms with Gasteiger partial charge in [0.15, 0.2) is 0 Å². The molecule has 6 nitrogen and oxygen atoms in total. The summed E-state index contributed by atoms with van der Waals surface area (Å²) in [6.45, 7) is 4.11. The molecule has 0 saturated carbocycles. The third-order valence-electron chi connectivity index (χ3n) is 6.95.